The molecule has 0 aliphatic carbocycles. The third-order valence-electron chi connectivity index (χ3n) is 3.64. The van der Waals surface area contributed by atoms with Crippen LogP contribution in [0.5, 0.6) is 5.75 Å². The molecule has 0 aliphatic heterocycles. The molecule has 2 aromatic rings. The normalized spacial score (nSPS) is 13.1. The second kappa shape index (κ2) is 10.7. The molecule has 2 aromatic carbocycles. The monoisotopic (exact) mass is 497 g/mol. The molecular weight excluding hydrogens is 477 g/mol. The summed E-state index contributed by atoms with van der Waals surface area (Å²) >= 11 is 2.06. The van der Waals surface area contributed by atoms with Gasteiger partial charge in [0.25, 0.3) is 0 Å². The number of phenolic OH excluding ortho intramolecular Hbond substituents is 1. The fraction of sp³-hybridized carbons (Fsp3) is 0.200. The van der Waals surface area contributed by atoms with Crippen molar-refractivity contribution in [1.29, 1.82) is 0 Å². The lowest BCUT2D eigenvalue weighted by molar-refractivity contribution is -0.131. The second-order valence-electron chi connectivity index (χ2n) is 5.64. The van der Waals surface area contributed by atoms with E-state index < -0.39 is 24.3 Å². The van der Waals surface area contributed by atoms with Gasteiger partial charge in [-0.05, 0) is 65.9 Å². The van der Waals surface area contributed by atoms with Gasteiger partial charge in [-0.1, -0.05) is 18.2 Å². The zero-order valence-electron chi connectivity index (χ0n) is 15.0. The smallest absolute Gasteiger partial charge is 0.412 e. The summed E-state index contributed by atoms with van der Waals surface area (Å²) in [7, 11) is 0. The first-order valence-electron chi connectivity index (χ1n) is 8.44. The summed E-state index contributed by atoms with van der Waals surface area (Å²) in [5.41, 5.74) is 0.843. The largest absolute Gasteiger partial charge is 0.508 e. The van der Waals surface area contributed by atoms with Gasteiger partial charge in [-0.2, -0.15) is 0 Å². The summed E-state index contributed by atoms with van der Waals surface area (Å²) in [5, 5.41) is 21.8. The molecule has 148 valence electrons. The van der Waals surface area contributed by atoms with Crippen LogP contribution in [0.3, 0.4) is 0 Å². The predicted octanol–water partition coefficient (Wildman–Crippen LogP) is 4.33. The number of carboxylic acid groups (broad SMARTS) is 1. The Morgan fingerprint density at radius 1 is 1.21 bits per heavy atom. The molecule has 0 radical (unpaired) electrons. The summed E-state index contributed by atoms with van der Waals surface area (Å²) < 4.78 is 11.9. The van der Waals surface area contributed by atoms with Crippen molar-refractivity contribution in [2.45, 2.75) is 19.1 Å². The molecule has 0 fully saturated rings. The number of aliphatic carboxylic acids is 1. The number of hydrogen-bond donors (Lipinski definition) is 3. The van der Waals surface area contributed by atoms with Gasteiger partial charge >= 0.3 is 12.1 Å². The van der Waals surface area contributed by atoms with Crippen LogP contribution in [0.15, 0.2) is 60.7 Å². The van der Waals surface area contributed by atoms with Gasteiger partial charge in [-0.3, -0.25) is 5.32 Å². The Hall–Kier alpha value is -2.59. The highest BCUT2D eigenvalue weighted by molar-refractivity contribution is 14.1. The zero-order valence-corrected chi connectivity index (χ0v) is 17.2. The standard InChI is InChI=1S/C20H20INO6/c1-2-27-17(10-11-18(24)25)19(15-12-13(21)8-9-16(15)23)28-20(26)22-14-6-4-3-5-7-14/h3-12,17,19,23H,2H2,1H3,(H,22,26)(H,24,25)/b11-10+/t17-,19-/m0/s1. The third kappa shape index (κ3) is 6.54. The maximum Gasteiger partial charge on any atom is 0.412 e. The highest BCUT2D eigenvalue weighted by Gasteiger charge is 2.29. The van der Waals surface area contributed by atoms with Crippen LogP contribution in [0.1, 0.15) is 18.6 Å². The molecule has 0 aliphatic rings. The predicted molar refractivity (Wildman–Crippen MR) is 112 cm³/mol. The summed E-state index contributed by atoms with van der Waals surface area (Å²) in [4.78, 5) is 23.4. The minimum atomic E-state index is -1.16. The van der Waals surface area contributed by atoms with Crippen LogP contribution >= 0.6 is 22.6 Å². The van der Waals surface area contributed by atoms with E-state index in [1.807, 2.05) is 6.07 Å². The molecule has 0 unspecified atom stereocenters. The van der Waals surface area contributed by atoms with Gasteiger partial charge in [0.15, 0.2) is 6.10 Å². The molecule has 3 N–H and O–H groups in total. The third-order valence-corrected chi connectivity index (χ3v) is 4.31. The summed E-state index contributed by atoms with van der Waals surface area (Å²) in [5.74, 6) is -1.25. The van der Waals surface area contributed by atoms with Crippen molar-refractivity contribution in [1.82, 2.24) is 0 Å². The number of carbonyl (C=O) groups is 2. The quantitative estimate of drug-likeness (QED) is 0.371. The van der Waals surface area contributed by atoms with Crippen LogP contribution < -0.4 is 5.32 Å². The fourth-order valence-corrected chi connectivity index (χ4v) is 2.97. The lowest BCUT2D eigenvalue weighted by Gasteiger charge is -2.26. The zero-order chi connectivity index (χ0) is 20.5. The molecule has 2 rings (SSSR count). The number of para-hydroxylation sites is 1. The van der Waals surface area contributed by atoms with Gasteiger partial charge in [0.05, 0.1) is 0 Å². The molecule has 2 atom stereocenters. The van der Waals surface area contributed by atoms with Gasteiger partial charge in [0.1, 0.15) is 11.9 Å². The minimum absolute atomic E-state index is 0.0913. The molecule has 28 heavy (non-hydrogen) atoms. The molecule has 0 bridgehead atoms. The summed E-state index contributed by atoms with van der Waals surface area (Å²) in [6.07, 6.45) is -0.536. The Labute approximate surface area is 176 Å². The number of hydrogen-bond acceptors (Lipinski definition) is 5. The number of ether oxygens (including phenoxy) is 2. The molecule has 7 nitrogen and oxygen atoms in total. The highest BCUT2D eigenvalue weighted by Crippen LogP contribution is 2.33. The van der Waals surface area contributed by atoms with Crippen molar-refractivity contribution in [3.63, 3.8) is 0 Å². The maximum absolute atomic E-state index is 12.4. The van der Waals surface area contributed by atoms with Crippen LogP contribution in [0.2, 0.25) is 0 Å². The minimum Gasteiger partial charge on any atom is -0.508 e. The van der Waals surface area contributed by atoms with Crippen molar-refractivity contribution in [3.05, 3.63) is 69.8 Å². The maximum atomic E-state index is 12.4. The molecule has 0 spiro atoms. The average molecular weight is 497 g/mol. The fourth-order valence-electron chi connectivity index (χ4n) is 2.46. The molecule has 0 saturated heterocycles. The molecule has 8 heteroatoms. The lowest BCUT2D eigenvalue weighted by atomic mass is 10.0. The summed E-state index contributed by atoms with van der Waals surface area (Å²) in [6, 6.07) is 13.6. The van der Waals surface area contributed by atoms with Gasteiger partial charge in [0, 0.05) is 27.5 Å². The van der Waals surface area contributed by atoms with Crippen molar-refractivity contribution < 1.29 is 29.3 Å². The average Bonchev–Trinajstić information content (AvgIpc) is 2.66. The van der Waals surface area contributed by atoms with E-state index in [-0.39, 0.29) is 12.4 Å². The van der Waals surface area contributed by atoms with Gasteiger partial charge in [-0.25, -0.2) is 9.59 Å². The number of halogens is 1. The number of carboxylic acids is 1. The number of carbonyl (C=O) groups excluding carboxylic acids is 1. The molecule has 0 saturated carbocycles. The Bertz CT molecular complexity index is 840. The number of nitrogens with one attached hydrogen (secondary N) is 1. The first kappa shape index (κ1) is 21.7. The van der Waals surface area contributed by atoms with Gasteiger partial charge < -0.3 is 19.7 Å². The van der Waals surface area contributed by atoms with Crippen LogP contribution in [0.25, 0.3) is 0 Å². The van der Waals surface area contributed by atoms with E-state index in [1.54, 1.807) is 43.3 Å². The van der Waals surface area contributed by atoms with Crippen LogP contribution in [0.4, 0.5) is 10.5 Å². The Morgan fingerprint density at radius 3 is 2.57 bits per heavy atom. The van der Waals surface area contributed by atoms with E-state index >= 15 is 0 Å². The Morgan fingerprint density at radius 2 is 1.93 bits per heavy atom. The van der Waals surface area contributed by atoms with Crippen LogP contribution in [-0.2, 0) is 14.3 Å². The number of amides is 1. The van der Waals surface area contributed by atoms with Crippen molar-refractivity contribution in [2.24, 2.45) is 0 Å². The lowest BCUT2D eigenvalue weighted by Crippen LogP contribution is -2.28. The van der Waals surface area contributed by atoms with E-state index in [2.05, 4.69) is 27.9 Å². The van der Waals surface area contributed by atoms with E-state index in [0.717, 1.165) is 9.65 Å². The topological polar surface area (TPSA) is 105 Å². The van der Waals surface area contributed by atoms with Crippen molar-refractivity contribution >= 4 is 40.3 Å². The second-order valence-corrected chi connectivity index (χ2v) is 6.88. The van der Waals surface area contributed by atoms with E-state index in [9.17, 15) is 14.7 Å². The number of aromatic hydroxyl groups is 1. The number of benzene rings is 2. The van der Waals surface area contributed by atoms with Crippen molar-refractivity contribution in [2.75, 3.05) is 11.9 Å². The van der Waals surface area contributed by atoms with E-state index in [4.69, 9.17) is 14.6 Å². The molecule has 0 heterocycles. The Kier molecular flexibility index (Phi) is 8.27. The highest BCUT2D eigenvalue weighted by atomic mass is 127. The Balaban J connectivity index is 2.35. The van der Waals surface area contributed by atoms with E-state index in [1.165, 1.54) is 12.1 Å². The molecule has 0 aromatic heterocycles. The van der Waals surface area contributed by atoms with E-state index in [0.29, 0.717) is 11.3 Å². The molecule has 1 amide bonds. The van der Waals surface area contributed by atoms with Crippen LogP contribution in [0, 0.1) is 3.57 Å². The van der Waals surface area contributed by atoms with Crippen molar-refractivity contribution in [3.8, 4) is 5.75 Å². The number of anilines is 1. The number of phenols is 1. The van der Waals surface area contributed by atoms with Gasteiger partial charge in [-0.15, -0.1) is 0 Å². The number of rotatable bonds is 8. The SMILES string of the molecule is CCO[C@@H](/C=C/C(=O)O)[C@@H](OC(=O)Nc1ccccc1)c1cc(I)ccc1O. The molecular formula is C20H20INO6. The van der Waals surface area contributed by atoms with Gasteiger partial charge in [0.2, 0.25) is 0 Å². The summed E-state index contributed by atoms with van der Waals surface area (Å²) in [6.45, 7) is 1.98. The van der Waals surface area contributed by atoms with Crippen LogP contribution in [-0.4, -0.2) is 35.0 Å². The first-order chi connectivity index (χ1) is 13.4. The first-order valence-corrected chi connectivity index (χ1v) is 9.52.